The Balaban J connectivity index is 2.03. The fourth-order valence-electron chi connectivity index (χ4n) is 2.32. The fourth-order valence-corrected chi connectivity index (χ4v) is 3.45. The van der Waals surface area contributed by atoms with Crippen LogP contribution in [0.5, 0.6) is 0 Å². The van der Waals surface area contributed by atoms with E-state index in [-0.39, 0.29) is 18.2 Å². The summed E-state index contributed by atoms with van der Waals surface area (Å²) < 4.78 is 0.725. The van der Waals surface area contributed by atoms with Crippen molar-refractivity contribution in [1.29, 1.82) is 0 Å². The molecule has 0 bridgehead atoms. The van der Waals surface area contributed by atoms with E-state index in [2.05, 4.69) is 11.9 Å². The molecule has 0 fully saturated rings. The van der Waals surface area contributed by atoms with Crippen LogP contribution in [0.3, 0.4) is 0 Å². The molecule has 0 aliphatic rings. The Labute approximate surface area is 150 Å². The lowest BCUT2D eigenvalue weighted by molar-refractivity contribution is -0.117. The molecule has 4 nitrogen and oxygen atoms in total. The number of nitrogens with zero attached hydrogens (tertiary/aromatic N) is 1. The highest BCUT2D eigenvalue weighted by molar-refractivity contribution is 7.16. The van der Waals surface area contributed by atoms with E-state index in [1.807, 2.05) is 17.0 Å². The van der Waals surface area contributed by atoms with Crippen molar-refractivity contribution in [3.8, 4) is 0 Å². The number of Topliss-reactive ketones (excluding diaryl/α,β-unsaturated/α-hetero) is 1. The molecule has 0 spiro atoms. The largest absolute Gasteiger partial charge is 0.324 e. The Morgan fingerprint density at radius 3 is 2.67 bits per heavy atom. The molecule has 0 aliphatic heterocycles. The summed E-state index contributed by atoms with van der Waals surface area (Å²) in [7, 11) is 0. The summed E-state index contributed by atoms with van der Waals surface area (Å²) in [5.41, 5.74) is 1.04. The van der Waals surface area contributed by atoms with Gasteiger partial charge in [0.1, 0.15) is 0 Å². The molecule has 0 saturated carbocycles. The Morgan fingerprint density at radius 1 is 1.29 bits per heavy atom. The standard InChI is InChI=1S/C18H19ClN2O2S/c1-3-10-21(11-14-8-9-17(19)24-14)12-18(23)20-16-7-5-4-6-15(16)13(2)22/h3-9H,1,10-12H2,2H3,(H,20,23). The molecule has 0 saturated heterocycles. The van der Waals surface area contributed by atoms with Gasteiger partial charge in [0, 0.05) is 23.5 Å². The van der Waals surface area contributed by atoms with Crippen molar-refractivity contribution in [3.63, 3.8) is 0 Å². The molecule has 1 heterocycles. The summed E-state index contributed by atoms with van der Waals surface area (Å²) in [6.45, 7) is 6.62. The zero-order valence-electron chi connectivity index (χ0n) is 13.4. The van der Waals surface area contributed by atoms with Crippen LogP contribution in [0.25, 0.3) is 0 Å². The number of halogens is 1. The molecule has 6 heteroatoms. The lowest BCUT2D eigenvalue weighted by atomic mass is 10.1. The first-order valence-corrected chi connectivity index (χ1v) is 8.66. The van der Waals surface area contributed by atoms with Gasteiger partial charge in [0.25, 0.3) is 0 Å². The molecule has 1 aromatic heterocycles. The van der Waals surface area contributed by atoms with E-state index in [0.717, 1.165) is 9.21 Å². The number of thiophene rings is 1. The average molecular weight is 363 g/mol. The van der Waals surface area contributed by atoms with E-state index >= 15 is 0 Å². The number of nitrogens with one attached hydrogen (secondary N) is 1. The van der Waals surface area contributed by atoms with Crippen LogP contribution in [-0.4, -0.2) is 29.7 Å². The molecule has 1 amide bonds. The van der Waals surface area contributed by atoms with Crippen LogP contribution in [-0.2, 0) is 11.3 Å². The van der Waals surface area contributed by atoms with Crippen molar-refractivity contribution in [2.45, 2.75) is 13.5 Å². The van der Waals surface area contributed by atoms with Crippen LogP contribution in [0.15, 0.2) is 49.1 Å². The minimum Gasteiger partial charge on any atom is -0.324 e. The molecule has 0 aliphatic carbocycles. The lowest BCUT2D eigenvalue weighted by Crippen LogP contribution is -2.33. The number of carbonyl (C=O) groups is 2. The highest BCUT2D eigenvalue weighted by atomic mass is 35.5. The lowest BCUT2D eigenvalue weighted by Gasteiger charge is -2.19. The monoisotopic (exact) mass is 362 g/mol. The fraction of sp³-hybridized carbons (Fsp3) is 0.222. The second kappa shape index (κ2) is 8.78. The van der Waals surface area contributed by atoms with E-state index in [9.17, 15) is 9.59 Å². The molecule has 126 valence electrons. The van der Waals surface area contributed by atoms with Gasteiger partial charge in [-0.25, -0.2) is 0 Å². The maximum Gasteiger partial charge on any atom is 0.238 e. The quantitative estimate of drug-likeness (QED) is 0.564. The Morgan fingerprint density at radius 2 is 2.04 bits per heavy atom. The Bertz CT molecular complexity index is 742. The molecule has 2 aromatic rings. The minimum absolute atomic E-state index is 0.0814. The van der Waals surface area contributed by atoms with Gasteiger partial charge in [0.05, 0.1) is 16.6 Å². The van der Waals surface area contributed by atoms with Crippen molar-refractivity contribution >= 4 is 40.3 Å². The molecule has 24 heavy (non-hydrogen) atoms. The number of benzene rings is 1. The molecule has 0 unspecified atom stereocenters. The number of rotatable bonds is 8. The number of para-hydroxylation sites is 1. The Hall–Kier alpha value is -1.95. The molecule has 1 aromatic carbocycles. The highest BCUT2D eigenvalue weighted by Crippen LogP contribution is 2.22. The van der Waals surface area contributed by atoms with E-state index in [0.29, 0.717) is 24.3 Å². The van der Waals surface area contributed by atoms with Crippen molar-refractivity contribution in [1.82, 2.24) is 4.90 Å². The van der Waals surface area contributed by atoms with Gasteiger partial charge in [-0.1, -0.05) is 29.8 Å². The minimum atomic E-state index is -0.173. The zero-order chi connectivity index (χ0) is 17.5. The summed E-state index contributed by atoms with van der Waals surface area (Å²) in [6.07, 6.45) is 1.76. The summed E-state index contributed by atoms with van der Waals surface area (Å²) in [5.74, 6) is -0.254. The van der Waals surface area contributed by atoms with Gasteiger partial charge >= 0.3 is 0 Å². The molecular weight excluding hydrogens is 344 g/mol. The topological polar surface area (TPSA) is 49.4 Å². The van der Waals surface area contributed by atoms with Crippen LogP contribution in [0, 0.1) is 0 Å². The zero-order valence-corrected chi connectivity index (χ0v) is 15.0. The predicted octanol–water partition coefficient (Wildman–Crippen LogP) is 4.23. The summed E-state index contributed by atoms with van der Waals surface area (Å²) in [4.78, 5) is 27.0. The first kappa shape index (κ1) is 18.4. The first-order valence-electron chi connectivity index (χ1n) is 7.47. The van der Waals surface area contributed by atoms with E-state index in [1.54, 1.807) is 30.3 Å². The Kier molecular flexibility index (Phi) is 6.73. The molecular formula is C18H19ClN2O2S. The number of ketones is 1. The van der Waals surface area contributed by atoms with Crippen LogP contribution in [0.1, 0.15) is 22.2 Å². The van der Waals surface area contributed by atoms with Gasteiger partial charge in [-0.05, 0) is 31.2 Å². The average Bonchev–Trinajstić information content (AvgIpc) is 2.92. The number of anilines is 1. The van der Waals surface area contributed by atoms with E-state index in [1.165, 1.54) is 18.3 Å². The third kappa shape index (κ3) is 5.30. The number of hydrogen-bond acceptors (Lipinski definition) is 4. The molecule has 0 atom stereocenters. The third-order valence-corrected chi connectivity index (χ3v) is 4.56. The van der Waals surface area contributed by atoms with Gasteiger partial charge in [-0.2, -0.15) is 0 Å². The normalized spacial score (nSPS) is 10.6. The number of amides is 1. The van der Waals surface area contributed by atoms with Gasteiger partial charge < -0.3 is 5.32 Å². The van der Waals surface area contributed by atoms with Gasteiger partial charge in [0.15, 0.2) is 5.78 Å². The number of carbonyl (C=O) groups excluding carboxylic acids is 2. The molecule has 2 rings (SSSR count). The summed E-state index contributed by atoms with van der Waals surface area (Å²) in [6, 6.07) is 10.8. The van der Waals surface area contributed by atoms with Crippen LogP contribution < -0.4 is 5.32 Å². The maximum atomic E-state index is 12.3. The van der Waals surface area contributed by atoms with Crippen LogP contribution in [0.2, 0.25) is 4.34 Å². The second-order valence-electron chi connectivity index (χ2n) is 5.31. The molecule has 0 radical (unpaired) electrons. The van der Waals surface area contributed by atoms with Gasteiger partial charge in [0.2, 0.25) is 5.91 Å². The number of hydrogen-bond donors (Lipinski definition) is 1. The van der Waals surface area contributed by atoms with Crippen LogP contribution >= 0.6 is 22.9 Å². The maximum absolute atomic E-state index is 12.3. The van der Waals surface area contributed by atoms with E-state index in [4.69, 9.17) is 11.6 Å². The van der Waals surface area contributed by atoms with Crippen LogP contribution in [0.4, 0.5) is 5.69 Å². The second-order valence-corrected chi connectivity index (χ2v) is 7.11. The summed E-state index contributed by atoms with van der Waals surface area (Å²) >= 11 is 7.44. The van der Waals surface area contributed by atoms with Gasteiger partial charge in [-0.15, -0.1) is 17.9 Å². The highest BCUT2D eigenvalue weighted by Gasteiger charge is 2.14. The molecule has 1 N–H and O–H groups in total. The van der Waals surface area contributed by atoms with Gasteiger partial charge in [-0.3, -0.25) is 14.5 Å². The van der Waals surface area contributed by atoms with Crippen molar-refractivity contribution < 1.29 is 9.59 Å². The van der Waals surface area contributed by atoms with E-state index < -0.39 is 0 Å². The first-order chi connectivity index (χ1) is 11.5. The van der Waals surface area contributed by atoms with Crippen molar-refractivity contribution in [2.24, 2.45) is 0 Å². The third-order valence-electron chi connectivity index (χ3n) is 3.34. The summed E-state index contributed by atoms with van der Waals surface area (Å²) in [5, 5.41) is 2.81. The van der Waals surface area contributed by atoms with Crippen molar-refractivity contribution in [2.75, 3.05) is 18.4 Å². The smallest absolute Gasteiger partial charge is 0.238 e. The predicted molar refractivity (Wildman–Crippen MR) is 99.9 cm³/mol. The van der Waals surface area contributed by atoms with Crippen molar-refractivity contribution in [3.05, 3.63) is 63.8 Å². The SMILES string of the molecule is C=CCN(CC(=O)Nc1ccccc1C(C)=O)Cc1ccc(Cl)s1.